The summed E-state index contributed by atoms with van der Waals surface area (Å²) in [5.41, 5.74) is 20.5. The van der Waals surface area contributed by atoms with Gasteiger partial charge in [-0.15, -0.1) is 0 Å². The van der Waals surface area contributed by atoms with Crippen molar-refractivity contribution in [3.63, 3.8) is 0 Å². The second-order valence-corrected chi connectivity index (χ2v) is 21.4. The third kappa shape index (κ3) is 11.8. The van der Waals surface area contributed by atoms with E-state index >= 15 is 0 Å². The molecular weight excluding hydrogens is 1060 g/mol. The molecule has 416 valence electrons. The minimum Gasteiger partial charge on any atom is -0.497 e. The van der Waals surface area contributed by atoms with Gasteiger partial charge in [0.1, 0.15) is 28.7 Å². The maximum Gasteiger partial charge on any atom is 0.193 e. The highest BCUT2D eigenvalue weighted by Gasteiger charge is 2.24. The standard InChI is InChI=1S/C82H58O5/c1-55-23-41-69(42-24-55)86-70-43-37-66(38-44-70)82(84)65-35-27-59(28-36-65)76-54-51-73(56-15-7-3-8-16-56)77(60-19-11-5-12-20-60)80(76)63-31-29-62(30-32-63)79-74(57-17-9-4-10-18-57)52-53-75(78(79)61-21-13-6-14-22-61)58-25-33-64(34-26-58)81(83)67-39-45-71(46-40-67)87-72-49-47-68(85-2)48-50-72/h3-54H,1-2H3. The molecule has 0 radical (unpaired) electrons. The molecule has 0 saturated carbocycles. The topological polar surface area (TPSA) is 61.8 Å². The molecule has 0 unspecified atom stereocenters. The second kappa shape index (κ2) is 24.8. The van der Waals surface area contributed by atoms with Crippen LogP contribution in [0.25, 0.3) is 89.0 Å². The van der Waals surface area contributed by atoms with Crippen LogP contribution in [0.1, 0.15) is 37.4 Å². The van der Waals surface area contributed by atoms with Crippen molar-refractivity contribution in [2.24, 2.45) is 0 Å². The minimum absolute atomic E-state index is 0.0694. The van der Waals surface area contributed by atoms with Crippen molar-refractivity contribution in [3.05, 3.63) is 343 Å². The van der Waals surface area contributed by atoms with Crippen LogP contribution in [0.15, 0.2) is 315 Å². The van der Waals surface area contributed by atoms with Crippen LogP contribution >= 0.6 is 0 Å². The highest BCUT2D eigenvalue weighted by atomic mass is 16.5. The van der Waals surface area contributed by atoms with Crippen molar-refractivity contribution in [1.82, 2.24) is 0 Å². The Morgan fingerprint density at radius 2 is 0.448 bits per heavy atom. The van der Waals surface area contributed by atoms with Crippen LogP contribution in [-0.2, 0) is 0 Å². The van der Waals surface area contributed by atoms with Crippen molar-refractivity contribution >= 4 is 11.6 Å². The van der Waals surface area contributed by atoms with Gasteiger partial charge in [0.15, 0.2) is 11.6 Å². The van der Waals surface area contributed by atoms with Gasteiger partial charge in [-0.05, 0) is 181 Å². The third-order valence-electron chi connectivity index (χ3n) is 15.9. The van der Waals surface area contributed by atoms with Gasteiger partial charge in [-0.2, -0.15) is 0 Å². The van der Waals surface area contributed by atoms with Gasteiger partial charge in [0.25, 0.3) is 0 Å². The Hall–Kier alpha value is -11.4. The van der Waals surface area contributed by atoms with E-state index < -0.39 is 0 Å². The molecule has 0 spiro atoms. The molecule has 0 N–H and O–H groups in total. The SMILES string of the molecule is COc1ccc(Oc2ccc(C(=O)c3ccc(-c4ccc(-c5ccccc5)c(-c5ccc(-c6c(-c7ccc(C(=O)c8ccc(Oc9ccc(C)cc9)cc8)cc7)ccc(-c7ccccc7)c6-c6ccccc6)cc5)c4-c4ccccc4)cc3)cc2)cc1. The van der Waals surface area contributed by atoms with Gasteiger partial charge in [0.2, 0.25) is 0 Å². The average Bonchev–Trinajstić information content (AvgIpc) is 2.47. The molecule has 0 atom stereocenters. The fraction of sp³-hybridized carbons (Fsp3) is 0.0244. The molecule has 0 fully saturated rings. The lowest BCUT2D eigenvalue weighted by Gasteiger charge is -2.22. The monoisotopic (exact) mass is 1120 g/mol. The molecule has 0 bridgehead atoms. The van der Waals surface area contributed by atoms with Crippen LogP contribution in [0.4, 0.5) is 0 Å². The van der Waals surface area contributed by atoms with E-state index in [1.807, 2.05) is 116 Å². The van der Waals surface area contributed by atoms with Crippen LogP contribution in [0.3, 0.4) is 0 Å². The Balaban J connectivity index is 0.889. The molecule has 0 saturated heterocycles. The molecule has 13 aromatic rings. The number of ketones is 2. The van der Waals surface area contributed by atoms with E-state index in [1.54, 1.807) is 19.2 Å². The number of methoxy groups -OCH3 is 1. The number of carbonyl (C=O) groups is 2. The second-order valence-electron chi connectivity index (χ2n) is 21.4. The molecule has 0 aliphatic rings. The maximum atomic E-state index is 14.1. The summed E-state index contributed by atoms with van der Waals surface area (Å²) in [7, 11) is 1.63. The average molecular weight is 1120 g/mol. The molecule has 0 aliphatic carbocycles. The summed E-state index contributed by atoms with van der Waals surface area (Å²) in [4.78, 5) is 28.2. The molecule has 87 heavy (non-hydrogen) atoms. The van der Waals surface area contributed by atoms with E-state index in [2.05, 4.69) is 194 Å². The maximum absolute atomic E-state index is 14.1. The number of aryl methyl sites for hydroxylation is 1. The molecule has 0 amide bonds. The lowest BCUT2D eigenvalue weighted by molar-refractivity contribution is 0.103. The zero-order valence-electron chi connectivity index (χ0n) is 48.1. The van der Waals surface area contributed by atoms with Gasteiger partial charge >= 0.3 is 0 Å². The van der Waals surface area contributed by atoms with E-state index in [0.717, 1.165) is 106 Å². The van der Waals surface area contributed by atoms with E-state index in [9.17, 15) is 9.59 Å². The van der Waals surface area contributed by atoms with E-state index in [1.165, 1.54) is 0 Å². The highest BCUT2D eigenvalue weighted by molar-refractivity contribution is 6.11. The Labute approximate surface area is 507 Å². The number of carbonyl (C=O) groups excluding carboxylic acids is 2. The minimum atomic E-state index is -0.0798. The predicted octanol–water partition coefficient (Wildman–Crippen LogP) is 21.4. The first kappa shape index (κ1) is 54.8. The fourth-order valence-corrected chi connectivity index (χ4v) is 11.4. The Morgan fingerprint density at radius 1 is 0.230 bits per heavy atom. The number of benzene rings is 13. The number of hydrogen-bond donors (Lipinski definition) is 0. The zero-order chi connectivity index (χ0) is 59.1. The van der Waals surface area contributed by atoms with Crippen LogP contribution in [0.2, 0.25) is 0 Å². The quantitative estimate of drug-likeness (QED) is 0.0850. The highest BCUT2D eigenvalue weighted by Crippen LogP contribution is 2.49. The molecule has 5 heteroatoms. The predicted molar refractivity (Wildman–Crippen MR) is 354 cm³/mol. The van der Waals surface area contributed by atoms with Crippen molar-refractivity contribution in [1.29, 1.82) is 0 Å². The number of rotatable bonds is 17. The summed E-state index contributed by atoms with van der Waals surface area (Å²) in [5.74, 6) is 3.31. The smallest absolute Gasteiger partial charge is 0.193 e. The Morgan fingerprint density at radius 3 is 0.747 bits per heavy atom. The van der Waals surface area contributed by atoms with Crippen LogP contribution in [0.5, 0.6) is 28.7 Å². The lowest BCUT2D eigenvalue weighted by Crippen LogP contribution is -2.01. The van der Waals surface area contributed by atoms with Gasteiger partial charge in [0.05, 0.1) is 7.11 Å². The van der Waals surface area contributed by atoms with Gasteiger partial charge in [0, 0.05) is 22.3 Å². The first-order chi connectivity index (χ1) is 42.8. The third-order valence-corrected chi connectivity index (χ3v) is 15.9. The fourth-order valence-electron chi connectivity index (χ4n) is 11.4. The zero-order valence-corrected chi connectivity index (χ0v) is 48.1. The number of ether oxygens (including phenoxy) is 3. The summed E-state index contributed by atoms with van der Waals surface area (Å²) < 4.78 is 17.4. The first-order valence-electron chi connectivity index (χ1n) is 29.1. The molecule has 0 heterocycles. The van der Waals surface area contributed by atoms with Gasteiger partial charge in [-0.1, -0.05) is 236 Å². The van der Waals surface area contributed by atoms with Crippen LogP contribution in [-0.4, -0.2) is 18.7 Å². The molecule has 0 aliphatic heterocycles. The van der Waals surface area contributed by atoms with Gasteiger partial charge < -0.3 is 14.2 Å². The summed E-state index contributed by atoms with van der Waals surface area (Å²) in [5, 5.41) is 0. The number of hydrogen-bond acceptors (Lipinski definition) is 5. The Kier molecular flexibility index (Phi) is 15.6. The van der Waals surface area contributed by atoms with Gasteiger partial charge in [-0.3, -0.25) is 9.59 Å². The molecule has 13 rings (SSSR count). The molecular formula is C82H58O5. The van der Waals surface area contributed by atoms with Crippen LogP contribution < -0.4 is 14.2 Å². The Bertz CT molecular complexity index is 4530. The molecule has 13 aromatic carbocycles. The summed E-state index contributed by atoms with van der Waals surface area (Å²) in [6.07, 6.45) is 0. The molecule has 0 aromatic heterocycles. The van der Waals surface area contributed by atoms with Crippen molar-refractivity contribution in [3.8, 4) is 118 Å². The normalized spacial score (nSPS) is 11.0. The van der Waals surface area contributed by atoms with E-state index in [4.69, 9.17) is 14.2 Å². The largest absolute Gasteiger partial charge is 0.497 e. The summed E-state index contributed by atoms with van der Waals surface area (Å²) >= 11 is 0. The molecule has 5 nitrogen and oxygen atoms in total. The van der Waals surface area contributed by atoms with Gasteiger partial charge in [-0.25, -0.2) is 0 Å². The summed E-state index contributed by atoms with van der Waals surface area (Å²) in [6.45, 7) is 2.04. The van der Waals surface area contributed by atoms with Crippen molar-refractivity contribution in [2.75, 3.05) is 7.11 Å². The first-order valence-corrected chi connectivity index (χ1v) is 29.1. The van der Waals surface area contributed by atoms with Crippen LogP contribution in [0, 0.1) is 6.92 Å². The van der Waals surface area contributed by atoms with E-state index in [-0.39, 0.29) is 11.6 Å². The van der Waals surface area contributed by atoms with Crippen molar-refractivity contribution < 1.29 is 23.8 Å². The van der Waals surface area contributed by atoms with E-state index in [0.29, 0.717) is 39.5 Å². The summed E-state index contributed by atoms with van der Waals surface area (Å²) in [6, 6.07) is 106. The lowest BCUT2D eigenvalue weighted by atomic mass is 9.81. The van der Waals surface area contributed by atoms with Crippen molar-refractivity contribution in [2.45, 2.75) is 6.92 Å².